The molecule has 1 aliphatic heterocycles. The van der Waals surface area contributed by atoms with E-state index in [1.807, 2.05) is 38.1 Å². The van der Waals surface area contributed by atoms with Crippen molar-refractivity contribution in [1.29, 1.82) is 0 Å². The minimum atomic E-state index is -0.395. The number of anilines is 1. The highest BCUT2D eigenvalue weighted by molar-refractivity contribution is 6.02. The number of amides is 2. The third kappa shape index (κ3) is 2.68. The quantitative estimate of drug-likeness (QED) is 0.739. The van der Waals surface area contributed by atoms with Gasteiger partial charge in [-0.2, -0.15) is 0 Å². The van der Waals surface area contributed by atoms with Crippen LogP contribution in [-0.4, -0.2) is 24.9 Å². The number of rotatable bonds is 2. The highest BCUT2D eigenvalue weighted by Crippen LogP contribution is 2.21. The number of carbonyl (C=O) groups is 2. The van der Waals surface area contributed by atoms with E-state index in [-0.39, 0.29) is 24.9 Å². The summed E-state index contributed by atoms with van der Waals surface area (Å²) in [6.07, 6.45) is 0. The summed E-state index contributed by atoms with van der Waals surface area (Å²) in [7, 11) is 0. The first-order valence-corrected chi connectivity index (χ1v) is 5.83. The molecule has 0 aliphatic carbocycles. The van der Waals surface area contributed by atoms with Crippen molar-refractivity contribution in [2.24, 2.45) is 5.73 Å². The number of nitrogens with zero attached hydrogens (tertiary/aromatic N) is 1. The summed E-state index contributed by atoms with van der Waals surface area (Å²) in [5, 5.41) is 2.28. The molecule has 0 bridgehead atoms. The number of piperazine rings is 1. The molecule has 1 aromatic rings. The lowest BCUT2D eigenvalue weighted by molar-refractivity contribution is -0.130. The Morgan fingerprint density at radius 2 is 1.61 bits per heavy atom. The Kier molecular flexibility index (Phi) is 3.09. The lowest BCUT2D eigenvalue weighted by Crippen LogP contribution is -2.51. The van der Waals surface area contributed by atoms with Gasteiger partial charge in [0.15, 0.2) is 0 Å². The van der Waals surface area contributed by atoms with E-state index in [0.29, 0.717) is 0 Å². The fraction of sp³-hybridized carbons (Fsp3) is 0.385. The van der Waals surface area contributed by atoms with E-state index in [9.17, 15) is 9.59 Å². The molecule has 18 heavy (non-hydrogen) atoms. The zero-order chi connectivity index (χ0) is 13.3. The van der Waals surface area contributed by atoms with E-state index in [0.717, 1.165) is 11.3 Å². The molecule has 3 N–H and O–H groups in total. The lowest BCUT2D eigenvalue weighted by Gasteiger charge is -2.28. The van der Waals surface area contributed by atoms with Gasteiger partial charge in [0.25, 0.3) is 0 Å². The average molecular weight is 247 g/mol. The van der Waals surface area contributed by atoms with Gasteiger partial charge in [-0.25, -0.2) is 0 Å². The molecular formula is C13H17N3O2. The molecule has 1 aromatic carbocycles. The van der Waals surface area contributed by atoms with E-state index < -0.39 is 5.54 Å². The van der Waals surface area contributed by atoms with Crippen molar-refractivity contribution in [3.63, 3.8) is 0 Å². The number of imide groups is 1. The second kappa shape index (κ2) is 4.42. The van der Waals surface area contributed by atoms with E-state index in [4.69, 9.17) is 5.73 Å². The summed E-state index contributed by atoms with van der Waals surface area (Å²) < 4.78 is 0. The smallest absolute Gasteiger partial charge is 0.246 e. The van der Waals surface area contributed by atoms with Gasteiger partial charge in [0, 0.05) is 11.2 Å². The van der Waals surface area contributed by atoms with E-state index >= 15 is 0 Å². The minimum absolute atomic E-state index is 0.205. The van der Waals surface area contributed by atoms with Gasteiger partial charge >= 0.3 is 0 Å². The number of benzene rings is 1. The molecule has 0 aromatic heterocycles. The SMILES string of the molecule is CC(C)(N)c1ccc(N2CC(=O)NC(=O)C2)cc1. The van der Waals surface area contributed by atoms with Gasteiger partial charge in [0.05, 0.1) is 13.1 Å². The predicted molar refractivity (Wildman–Crippen MR) is 69.0 cm³/mol. The molecule has 1 aliphatic rings. The van der Waals surface area contributed by atoms with Crippen molar-refractivity contribution in [1.82, 2.24) is 5.32 Å². The van der Waals surface area contributed by atoms with Crippen LogP contribution >= 0.6 is 0 Å². The molecule has 2 amide bonds. The standard InChI is InChI=1S/C13H17N3O2/c1-13(2,14)9-3-5-10(6-4-9)16-7-11(17)15-12(18)8-16/h3-6H,7-8,14H2,1-2H3,(H,15,17,18). The van der Waals surface area contributed by atoms with Gasteiger partial charge in [-0.3, -0.25) is 14.9 Å². The molecule has 1 saturated heterocycles. The molecule has 0 atom stereocenters. The molecule has 96 valence electrons. The molecule has 1 heterocycles. The Balaban J connectivity index is 2.19. The lowest BCUT2D eigenvalue weighted by atomic mass is 9.95. The van der Waals surface area contributed by atoms with Crippen LogP contribution in [0, 0.1) is 0 Å². The maximum atomic E-state index is 11.3. The van der Waals surface area contributed by atoms with Gasteiger partial charge < -0.3 is 10.6 Å². The minimum Gasteiger partial charge on any atom is -0.353 e. The zero-order valence-corrected chi connectivity index (χ0v) is 10.6. The Morgan fingerprint density at radius 3 is 2.06 bits per heavy atom. The highest BCUT2D eigenvalue weighted by Gasteiger charge is 2.23. The summed E-state index contributed by atoms with van der Waals surface area (Å²) in [5.74, 6) is -0.538. The van der Waals surface area contributed by atoms with E-state index in [1.54, 1.807) is 4.90 Å². The van der Waals surface area contributed by atoms with Crippen LogP contribution in [0.1, 0.15) is 19.4 Å². The molecule has 1 fully saturated rings. The first-order valence-electron chi connectivity index (χ1n) is 5.83. The largest absolute Gasteiger partial charge is 0.353 e. The van der Waals surface area contributed by atoms with Crippen LogP contribution < -0.4 is 16.0 Å². The van der Waals surface area contributed by atoms with Crippen molar-refractivity contribution in [2.45, 2.75) is 19.4 Å². The monoisotopic (exact) mass is 247 g/mol. The normalized spacial score (nSPS) is 16.7. The van der Waals surface area contributed by atoms with Gasteiger partial charge in [-0.05, 0) is 31.5 Å². The Labute approximate surface area is 106 Å². The molecule has 0 saturated carbocycles. The molecule has 2 rings (SSSR count). The van der Waals surface area contributed by atoms with Gasteiger partial charge in [0.1, 0.15) is 0 Å². The van der Waals surface area contributed by atoms with Crippen LogP contribution in [0.2, 0.25) is 0 Å². The second-order valence-electron chi connectivity index (χ2n) is 5.10. The van der Waals surface area contributed by atoms with Crippen molar-refractivity contribution in [3.8, 4) is 0 Å². The van der Waals surface area contributed by atoms with Crippen LogP contribution in [0.3, 0.4) is 0 Å². The fourth-order valence-corrected chi connectivity index (χ4v) is 1.92. The Bertz CT molecular complexity index is 458. The predicted octanol–water partition coefficient (Wildman–Crippen LogP) is 0.343. The summed E-state index contributed by atoms with van der Waals surface area (Å²) in [5.41, 5.74) is 7.47. The van der Waals surface area contributed by atoms with Crippen LogP contribution in [0.15, 0.2) is 24.3 Å². The third-order valence-corrected chi connectivity index (χ3v) is 2.92. The van der Waals surface area contributed by atoms with Crippen molar-refractivity contribution in [2.75, 3.05) is 18.0 Å². The highest BCUT2D eigenvalue weighted by atomic mass is 16.2. The van der Waals surface area contributed by atoms with Gasteiger partial charge in [0.2, 0.25) is 11.8 Å². The molecule has 0 radical (unpaired) electrons. The maximum Gasteiger partial charge on any atom is 0.246 e. The molecule has 5 nitrogen and oxygen atoms in total. The van der Waals surface area contributed by atoms with Crippen LogP contribution in [0.5, 0.6) is 0 Å². The number of carbonyl (C=O) groups excluding carboxylic acids is 2. The van der Waals surface area contributed by atoms with Crippen LogP contribution in [0.4, 0.5) is 5.69 Å². The Hall–Kier alpha value is -1.88. The van der Waals surface area contributed by atoms with Crippen molar-refractivity contribution < 1.29 is 9.59 Å². The molecule has 5 heteroatoms. The summed E-state index contributed by atoms with van der Waals surface area (Å²) >= 11 is 0. The third-order valence-electron chi connectivity index (χ3n) is 2.92. The molecule has 0 unspecified atom stereocenters. The maximum absolute atomic E-state index is 11.3. The van der Waals surface area contributed by atoms with Gasteiger partial charge in [-0.1, -0.05) is 12.1 Å². The first kappa shape index (κ1) is 12.6. The average Bonchev–Trinajstić information content (AvgIpc) is 2.27. The summed E-state index contributed by atoms with van der Waals surface area (Å²) in [6.45, 7) is 4.27. The van der Waals surface area contributed by atoms with Crippen LogP contribution in [0.25, 0.3) is 0 Å². The second-order valence-corrected chi connectivity index (χ2v) is 5.10. The van der Waals surface area contributed by atoms with E-state index in [1.165, 1.54) is 0 Å². The number of nitrogens with one attached hydrogen (secondary N) is 1. The Morgan fingerprint density at radius 1 is 1.11 bits per heavy atom. The van der Waals surface area contributed by atoms with Crippen molar-refractivity contribution >= 4 is 17.5 Å². The molecular weight excluding hydrogens is 230 g/mol. The summed E-state index contributed by atoms with van der Waals surface area (Å²) in [6, 6.07) is 7.62. The van der Waals surface area contributed by atoms with E-state index in [2.05, 4.69) is 5.32 Å². The zero-order valence-electron chi connectivity index (χ0n) is 10.6. The summed E-state index contributed by atoms with van der Waals surface area (Å²) in [4.78, 5) is 24.3. The number of hydrogen-bond donors (Lipinski definition) is 2. The number of hydrogen-bond acceptors (Lipinski definition) is 4. The first-order chi connectivity index (χ1) is 8.36. The number of nitrogens with two attached hydrogens (primary N) is 1. The van der Waals surface area contributed by atoms with Gasteiger partial charge in [-0.15, -0.1) is 0 Å². The van der Waals surface area contributed by atoms with Crippen LogP contribution in [-0.2, 0) is 15.1 Å². The molecule has 0 spiro atoms. The van der Waals surface area contributed by atoms with Crippen molar-refractivity contribution in [3.05, 3.63) is 29.8 Å². The topological polar surface area (TPSA) is 75.4 Å². The fourth-order valence-electron chi connectivity index (χ4n) is 1.92.